The maximum absolute atomic E-state index is 11.4. The molecule has 1 aliphatic rings. The number of rotatable bonds is 20. The van der Waals surface area contributed by atoms with Crippen molar-refractivity contribution in [2.24, 2.45) is 5.92 Å². The summed E-state index contributed by atoms with van der Waals surface area (Å²) in [4.78, 5) is 11.4. The molecule has 1 aromatic carbocycles. The van der Waals surface area contributed by atoms with Crippen molar-refractivity contribution in [1.29, 1.82) is 0 Å². The fraction of sp³-hybridized carbons (Fsp3) is 0.645. The summed E-state index contributed by atoms with van der Waals surface area (Å²) in [6.07, 6.45) is 24.3. The molecule has 0 atom stereocenters. The van der Waals surface area contributed by atoms with E-state index >= 15 is 0 Å². The van der Waals surface area contributed by atoms with E-state index in [2.05, 4.69) is 13.8 Å². The van der Waals surface area contributed by atoms with Gasteiger partial charge in [0, 0.05) is 18.1 Å². The quantitative estimate of drug-likeness (QED) is 0.144. The third-order valence-electron chi connectivity index (χ3n) is 6.78. The summed E-state index contributed by atoms with van der Waals surface area (Å²) in [6.45, 7) is 5.77. The number of hydrogen-bond acceptors (Lipinski definition) is 4. The molecule has 0 aliphatic heterocycles. The molecule has 0 unspecified atom stereocenters. The van der Waals surface area contributed by atoms with E-state index in [9.17, 15) is 9.90 Å². The van der Waals surface area contributed by atoms with Gasteiger partial charge in [0.1, 0.15) is 11.4 Å². The van der Waals surface area contributed by atoms with Gasteiger partial charge in [0.2, 0.25) is 0 Å². The maximum atomic E-state index is 11.4. The van der Waals surface area contributed by atoms with Gasteiger partial charge in [0.05, 0.1) is 12.6 Å². The van der Waals surface area contributed by atoms with Gasteiger partial charge in [0.15, 0.2) is 0 Å². The Morgan fingerprint density at radius 2 is 1.29 bits per heavy atom. The Balaban J connectivity index is 1.97. The van der Waals surface area contributed by atoms with Crippen LogP contribution in [0.15, 0.2) is 48.6 Å². The minimum absolute atomic E-state index is 0.616. The van der Waals surface area contributed by atoms with E-state index in [1.807, 2.05) is 36.4 Å². The predicted octanol–water partition coefficient (Wildman–Crippen LogP) is 7.27. The Labute approximate surface area is 213 Å². The second-order valence-corrected chi connectivity index (χ2v) is 9.79. The molecule has 0 N–H and O–H groups in total. The summed E-state index contributed by atoms with van der Waals surface area (Å²) >= 11 is 0. The first-order valence-corrected chi connectivity index (χ1v) is 14.1. The molecule has 0 amide bonds. The summed E-state index contributed by atoms with van der Waals surface area (Å²) in [7, 11) is 0. The van der Waals surface area contributed by atoms with Crippen molar-refractivity contribution in [3.8, 4) is 5.75 Å². The second kappa shape index (κ2) is 17.4. The topological polar surface area (TPSA) is 58.6 Å². The van der Waals surface area contributed by atoms with Crippen LogP contribution in [0.5, 0.6) is 5.75 Å². The third-order valence-corrected chi connectivity index (χ3v) is 6.78. The smallest absolute Gasteiger partial charge is 0.133 e. The Morgan fingerprint density at radius 3 is 1.86 bits per heavy atom. The highest BCUT2D eigenvalue weighted by Crippen LogP contribution is 2.39. The standard InChI is InChI=1S/C31H48O4/c1-3-5-7-9-11-12-14-18-26-35-31(23-21-27(22-24-31)30(32)33)28-19-15-16-20-29(28)34-25-17-13-10-8-6-4-2/h15-16,19-24,27H,3-14,17-18,25-26H2,1-2H3,(H,32,33)/p-1. The molecule has 0 saturated heterocycles. The average Bonchev–Trinajstić information content (AvgIpc) is 2.87. The zero-order chi connectivity index (χ0) is 25.2. The number of carbonyl (C=O) groups is 1. The zero-order valence-corrected chi connectivity index (χ0v) is 22.1. The van der Waals surface area contributed by atoms with Gasteiger partial charge in [-0.15, -0.1) is 0 Å². The second-order valence-electron chi connectivity index (χ2n) is 9.79. The minimum atomic E-state index is -1.10. The molecular formula is C31H47O4-. The van der Waals surface area contributed by atoms with Gasteiger partial charge in [0.25, 0.3) is 0 Å². The SMILES string of the molecule is CCCCCCCCCCOC1(c2ccccc2OCCCCCCCC)C=CC(C(=O)[O-])C=C1. The van der Waals surface area contributed by atoms with E-state index in [4.69, 9.17) is 9.47 Å². The molecule has 196 valence electrons. The highest BCUT2D eigenvalue weighted by Gasteiger charge is 2.33. The summed E-state index contributed by atoms with van der Waals surface area (Å²) in [5.41, 5.74) is 0.111. The van der Waals surface area contributed by atoms with Crippen LogP contribution in [-0.2, 0) is 15.1 Å². The van der Waals surface area contributed by atoms with Crippen LogP contribution in [0.4, 0.5) is 0 Å². The first-order valence-electron chi connectivity index (χ1n) is 14.1. The first kappa shape index (κ1) is 29.2. The van der Waals surface area contributed by atoms with E-state index in [0.29, 0.717) is 13.2 Å². The van der Waals surface area contributed by atoms with Crippen molar-refractivity contribution < 1.29 is 19.4 Å². The molecular weight excluding hydrogens is 436 g/mol. The monoisotopic (exact) mass is 483 g/mol. The molecule has 4 heteroatoms. The molecule has 35 heavy (non-hydrogen) atoms. The first-order chi connectivity index (χ1) is 17.1. The summed E-state index contributed by atoms with van der Waals surface area (Å²) < 4.78 is 12.7. The van der Waals surface area contributed by atoms with Crippen LogP contribution in [-0.4, -0.2) is 19.2 Å². The van der Waals surface area contributed by atoms with Crippen LogP contribution in [0.25, 0.3) is 0 Å². The van der Waals surface area contributed by atoms with Crippen LogP contribution >= 0.6 is 0 Å². The van der Waals surface area contributed by atoms with Crippen molar-refractivity contribution in [3.63, 3.8) is 0 Å². The number of aliphatic carboxylic acids is 1. The maximum Gasteiger partial charge on any atom is 0.133 e. The van der Waals surface area contributed by atoms with Gasteiger partial charge in [-0.25, -0.2) is 0 Å². The van der Waals surface area contributed by atoms with Crippen LogP contribution in [0, 0.1) is 5.92 Å². The highest BCUT2D eigenvalue weighted by molar-refractivity contribution is 5.73. The van der Waals surface area contributed by atoms with Gasteiger partial charge < -0.3 is 19.4 Å². The minimum Gasteiger partial charge on any atom is -0.549 e. The van der Waals surface area contributed by atoms with Crippen LogP contribution in [0.1, 0.15) is 109 Å². The highest BCUT2D eigenvalue weighted by atomic mass is 16.5. The van der Waals surface area contributed by atoms with Crippen molar-refractivity contribution in [3.05, 3.63) is 54.1 Å². The number of para-hydroxylation sites is 1. The van der Waals surface area contributed by atoms with Crippen molar-refractivity contribution >= 4 is 5.97 Å². The predicted molar refractivity (Wildman–Crippen MR) is 142 cm³/mol. The van der Waals surface area contributed by atoms with Crippen LogP contribution in [0.3, 0.4) is 0 Å². The van der Waals surface area contributed by atoms with E-state index in [0.717, 1.165) is 30.6 Å². The molecule has 0 aromatic heterocycles. The normalized spacial score (nSPS) is 19.2. The van der Waals surface area contributed by atoms with E-state index in [1.54, 1.807) is 12.2 Å². The molecule has 0 radical (unpaired) electrons. The Hall–Kier alpha value is -2.07. The lowest BCUT2D eigenvalue weighted by molar-refractivity contribution is -0.308. The lowest BCUT2D eigenvalue weighted by atomic mass is 9.85. The van der Waals surface area contributed by atoms with Crippen molar-refractivity contribution in [2.75, 3.05) is 13.2 Å². The Morgan fingerprint density at radius 1 is 0.771 bits per heavy atom. The van der Waals surface area contributed by atoms with Gasteiger partial charge in [-0.3, -0.25) is 0 Å². The molecule has 0 fully saturated rings. The number of unbranched alkanes of at least 4 members (excludes halogenated alkanes) is 12. The summed E-state index contributed by atoms with van der Waals surface area (Å²) in [6, 6.07) is 7.98. The lowest BCUT2D eigenvalue weighted by Gasteiger charge is -2.33. The Bertz CT molecular complexity index is 753. The van der Waals surface area contributed by atoms with Crippen molar-refractivity contribution in [1.82, 2.24) is 0 Å². The molecule has 2 rings (SSSR count). The van der Waals surface area contributed by atoms with Gasteiger partial charge in [-0.2, -0.15) is 0 Å². The fourth-order valence-corrected chi connectivity index (χ4v) is 4.58. The van der Waals surface area contributed by atoms with Crippen LogP contribution < -0.4 is 9.84 Å². The molecule has 0 bridgehead atoms. The molecule has 1 aliphatic carbocycles. The van der Waals surface area contributed by atoms with Crippen molar-refractivity contribution in [2.45, 2.75) is 109 Å². The van der Waals surface area contributed by atoms with E-state index < -0.39 is 17.5 Å². The summed E-state index contributed by atoms with van der Waals surface area (Å²) in [5, 5.41) is 11.4. The molecule has 4 nitrogen and oxygen atoms in total. The molecule has 1 aromatic rings. The van der Waals surface area contributed by atoms with E-state index in [-0.39, 0.29) is 0 Å². The third kappa shape index (κ3) is 10.6. The number of ether oxygens (including phenoxy) is 2. The average molecular weight is 484 g/mol. The number of benzene rings is 1. The summed E-state index contributed by atoms with van der Waals surface area (Å²) in [5.74, 6) is -1.02. The van der Waals surface area contributed by atoms with Gasteiger partial charge >= 0.3 is 0 Å². The largest absolute Gasteiger partial charge is 0.549 e. The molecule has 0 spiro atoms. The molecule has 0 saturated carbocycles. The lowest BCUT2D eigenvalue weighted by Crippen LogP contribution is -2.34. The number of hydrogen-bond donors (Lipinski definition) is 0. The Kier molecular flexibility index (Phi) is 14.5. The van der Waals surface area contributed by atoms with E-state index in [1.165, 1.54) is 70.6 Å². The van der Waals surface area contributed by atoms with Crippen LogP contribution in [0.2, 0.25) is 0 Å². The number of carboxylic acids is 1. The fourth-order valence-electron chi connectivity index (χ4n) is 4.58. The zero-order valence-electron chi connectivity index (χ0n) is 22.1. The van der Waals surface area contributed by atoms with Gasteiger partial charge in [-0.05, 0) is 31.1 Å². The molecule has 0 heterocycles. The number of carboxylic acid groups (broad SMARTS) is 1. The number of carbonyl (C=O) groups excluding carboxylic acids is 1. The van der Waals surface area contributed by atoms with Gasteiger partial charge in [-0.1, -0.05) is 121 Å².